The minimum Gasteiger partial charge on any atom is -0.366 e. The van der Waals surface area contributed by atoms with E-state index in [0.29, 0.717) is 43.2 Å². The average molecular weight is 376 g/mol. The van der Waals surface area contributed by atoms with Crippen molar-refractivity contribution in [2.45, 2.75) is 25.9 Å². The number of carbonyl (C=O) groups is 2. The predicted molar refractivity (Wildman–Crippen MR) is 103 cm³/mol. The SMILES string of the molecule is [C-]#[N+]c1cncc(CNc2ccc3c(n2)CN(CCNC(=O)C2CC2)C3=O)c1. The second-order valence-corrected chi connectivity index (χ2v) is 7.00. The van der Waals surface area contributed by atoms with Crippen molar-refractivity contribution in [1.29, 1.82) is 0 Å². The first-order valence-corrected chi connectivity index (χ1v) is 9.26. The van der Waals surface area contributed by atoms with E-state index in [4.69, 9.17) is 6.57 Å². The van der Waals surface area contributed by atoms with Crippen LogP contribution in [0.3, 0.4) is 0 Å². The number of carbonyl (C=O) groups excluding carboxylic acids is 2. The maximum absolute atomic E-state index is 12.5. The molecular weight excluding hydrogens is 356 g/mol. The fourth-order valence-corrected chi connectivity index (χ4v) is 3.15. The summed E-state index contributed by atoms with van der Waals surface area (Å²) < 4.78 is 0. The van der Waals surface area contributed by atoms with E-state index in [2.05, 4.69) is 25.4 Å². The summed E-state index contributed by atoms with van der Waals surface area (Å²) >= 11 is 0. The minimum atomic E-state index is -0.0521. The molecule has 142 valence electrons. The summed E-state index contributed by atoms with van der Waals surface area (Å²) in [6, 6.07) is 5.34. The van der Waals surface area contributed by atoms with Gasteiger partial charge in [-0.1, -0.05) is 0 Å². The third-order valence-electron chi connectivity index (χ3n) is 4.84. The molecule has 0 unspecified atom stereocenters. The number of aromatic nitrogens is 2. The summed E-state index contributed by atoms with van der Waals surface area (Å²) in [6.07, 6.45) is 5.17. The van der Waals surface area contributed by atoms with Gasteiger partial charge in [0.2, 0.25) is 11.6 Å². The van der Waals surface area contributed by atoms with Gasteiger partial charge in [-0.25, -0.2) is 9.83 Å². The van der Waals surface area contributed by atoms with Crippen molar-refractivity contribution in [3.63, 3.8) is 0 Å². The van der Waals surface area contributed by atoms with Crippen LogP contribution in [0.5, 0.6) is 0 Å². The van der Waals surface area contributed by atoms with Gasteiger partial charge in [0.05, 0.1) is 24.4 Å². The Labute approximate surface area is 162 Å². The van der Waals surface area contributed by atoms with E-state index in [0.717, 1.165) is 24.1 Å². The van der Waals surface area contributed by atoms with Crippen LogP contribution in [-0.4, -0.2) is 39.8 Å². The van der Waals surface area contributed by atoms with Crippen molar-refractivity contribution in [2.24, 2.45) is 5.92 Å². The Morgan fingerprint density at radius 1 is 1.32 bits per heavy atom. The van der Waals surface area contributed by atoms with Gasteiger partial charge in [0.1, 0.15) is 5.82 Å². The van der Waals surface area contributed by atoms with Gasteiger partial charge in [-0.2, -0.15) is 0 Å². The molecule has 2 aliphatic rings. The van der Waals surface area contributed by atoms with Crippen molar-refractivity contribution in [3.8, 4) is 0 Å². The first kappa shape index (κ1) is 17.9. The number of nitrogens with zero attached hydrogens (tertiary/aromatic N) is 4. The van der Waals surface area contributed by atoms with Crippen molar-refractivity contribution < 1.29 is 9.59 Å². The van der Waals surface area contributed by atoms with Crippen LogP contribution in [0.15, 0.2) is 30.6 Å². The summed E-state index contributed by atoms with van der Waals surface area (Å²) in [5, 5.41) is 6.09. The quantitative estimate of drug-likeness (QED) is 0.723. The number of rotatable bonds is 7. The average Bonchev–Trinajstić information content (AvgIpc) is 3.52. The molecule has 1 aliphatic heterocycles. The zero-order valence-corrected chi connectivity index (χ0v) is 15.3. The van der Waals surface area contributed by atoms with Crippen LogP contribution < -0.4 is 10.6 Å². The largest absolute Gasteiger partial charge is 0.366 e. The van der Waals surface area contributed by atoms with E-state index >= 15 is 0 Å². The second kappa shape index (κ2) is 7.64. The van der Waals surface area contributed by atoms with E-state index in [1.807, 2.05) is 0 Å². The summed E-state index contributed by atoms with van der Waals surface area (Å²) in [6.45, 7) is 8.92. The minimum absolute atomic E-state index is 0.0521. The number of hydrogen-bond donors (Lipinski definition) is 2. The highest BCUT2D eigenvalue weighted by Crippen LogP contribution is 2.28. The van der Waals surface area contributed by atoms with Crippen LogP contribution in [0, 0.1) is 12.5 Å². The molecule has 0 atom stereocenters. The highest BCUT2D eigenvalue weighted by Gasteiger charge is 2.31. The summed E-state index contributed by atoms with van der Waals surface area (Å²) in [5.74, 6) is 0.880. The van der Waals surface area contributed by atoms with Crippen LogP contribution in [0.2, 0.25) is 0 Å². The third-order valence-corrected chi connectivity index (χ3v) is 4.84. The molecule has 28 heavy (non-hydrogen) atoms. The fraction of sp³-hybridized carbons (Fsp3) is 0.350. The molecule has 0 saturated heterocycles. The van der Waals surface area contributed by atoms with Gasteiger partial charge < -0.3 is 15.5 Å². The molecule has 2 N–H and O–H groups in total. The molecule has 0 radical (unpaired) electrons. The normalized spacial score (nSPS) is 15.1. The lowest BCUT2D eigenvalue weighted by molar-refractivity contribution is -0.122. The summed E-state index contributed by atoms with van der Waals surface area (Å²) in [5.41, 5.74) is 2.73. The first-order valence-electron chi connectivity index (χ1n) is 9.26. The van der Waals surface area contributed by atoms with Gasteiger partial charge in [0.25, 0.3) is 5.91 Å². The monoisotopic (exact) mass is 376 g/mol. The predicted octanol–water partition coefficient (Wildman–Crippen LogP) is 2.12. The van der Waals surface area contributed by atoms with Gasteiger partial charge in [0.15, 0.2) is 0 Å². The summed E-state index contributed by atoms with van der Waals surface area (Å²) in [4.78, 5) is 37.9. The third kappa shape index (κ3) is 3.93. The van der Waals surface area contributed by atoms with Crippen molar-refractivity contribution in [3.05, 3.63) is 58.8 Å². The first-order chi connectivity index (χ1) is 13.6. The van der Waals surface area contributed by atoms with Crippen molar-refractivity contribution in [2.75, 3.05) is 18.4 Å². The zero-order valence-electron chi connectivity index (χ0n) is 15.3. The number of pyridine rings is 2. The lowest BCUT2D eigenvalue weighted by Gasteiger charge is -2.15. The molecule has 1 aliphatic carbocycles. The van der Waals surface area contributed by atoms with Crippen molar-refractivity contribution in [1.82, 2.24) is 20.2 Å². The van der Waals surface area contributed by atoms with Crippen molar-refractivity contribution >= 4 is 23.3 Å². The van der Waals surface area contributed by atoms with Crippen LogP contribution in [0.1, 0.15) is 34.5 Å². The Hall–Kier alpha value is -3.47. The topological polar surface area (TPSA) is 91.6 Å². The molecule has 8 heteroatoms. The van der Waals surface area contributed by atoms with E-state index < -0.39 is 0 Å². The number of amides is 2. The van der Waals surface area contributed by atoms with E-state index in [9.17, 15) is 9.59 Å². The lowest BCUT2D eigenvalue weighted by Crippen LogP contribution is -2.35. The van der Waals surface area contributed by atoms with E-state index in [1.165, 1.54) is 6.20 Å². The van der Waals surface area contributed by atoms with Gasteiger partial charge in [-0.05, 0) is 36.6 Å². The number of fused-ring (bicyclic) bond motifs is 1. The molecule has 2 aromatic rings. The number of nitrogens with one attached hydrogen (secondary N) is 2. The zero-order chi connectivity index (χ0) is 19.5. The smallest absolute Gasteiger partial charge is 0.256 e. The molecule has 2 aromatic heterocycles. The summed E-state index contributed by atoms with van der Waals surface area (Å²) in [7, 11) is 0. The molecular formula is C20H20N6O2. The van der Waals surface area contributed by atoms with Gasteiger partial charge >= 0.3 is 0 Å². The number of anilines is 1. The Balaban J connectivity index is 1.33. The van der Waals surface area contributed by atoms with Crippen LogP contribution in [0.25, 0.3) is 4.85 Å². The Morgan fingerprint density at radius 2 is 2.18 bits per heavy atom. The standard InChI is InChI=1S/C20H20N6O2/c1-21-15-8-13(9-22-11-15)10-24-18-5-4-16-17(25-18)12-26(20(16)28)7-6-23-19(27)14-2-3-14/h4-5,8-9,11,14H,2-3,6-7,10,12H2,(H,23,27)(H,24,25). The van der Waals surface area contributed by atoms with E-state index in [-0.39, 0.29) is 17.7 Å². The maximum atomic E-state index is 12.5. The molecule has 0 spiro atoms. The van der Waals surface area contributed by atoms with E-state index in [1.54, 1.807) is 29.3 Å². The lowest BCUT2D eigenvalue weighted by atomic mass is 10.2. The molecule has 2 amide bonds. The van der Waals surface area contributed by atoms with Crippen LogP contribution in [0.4, 0.5) is 11.5 Å². The van der Waals surface area contributed by atoms with Gasteiger partial charge in [-0.15, -0.1) is 0 Å². The molecule has 0 aromatic carbocycles. The fourth-order valence-electron chi connectivity index (χ4n) is 3.15. The highest BCUT2D eigenvalue weighted by molar-refractivity contribution is 5.98. The highest BCUT2D eigenvalue weighted by atomic mass is 16.2. The molecule has 1 saturated carbocycles. The maximum Gasteiger partial charge on any atom is 0.256 e. The second-order valence-electron chi connectivity index (χ2n) is 7.00. The number of hydrogen-bond acceptors (Lipinski definition) is 5. The van der Waals surface area contributed by atoms with Crippen LogP contribution >= 0.6 is 0 Å². The Bertz CT molecular complexity index is 963. The Morgan fingerprint density at radius 3 is 2.96 bits per heavy atom. The molecule has 4 rings (SSSR count). The molecule has 3 heterocycles. The molecule has 1 fully saturated rings. The molecule has 0 bridgehead atoms. The van der Waals surface area contributed by atoms with Gasteiger partial charge in [0, 0.05) is 37.9 Å². The van der Waals surface area contributed by atoms with Gasteiger partial charge in [-0.3, -0.25) is 14.6 Å². The molecule has 8 nitrogen and oxygen atoms in total. The van der Waals surface area contributed by atoms with Crippen LogP contribution in [-0.2, 0) is 17.9 Å². The Kier molecular flexibility index (Phi) is 4.89.